The van der Waals surface area contributed by atoms with Crippen LogP contribution in [-0.4, -0.2) is 71.3 Å². The number of nitrogens with two attached hydrogens (primary N) is 1. The Balaban J connectivity index is 1.66. The van der Waals surface area contributed by atoms with E-state index >= 15 is 0 Å². The second-order valence-electron chi connectivity index (χ2n) is 5.90. The van der Waals surface area contributed by atoms with Crippen LogP contribution in [0.4, 0.5) is 5.82 Å². The number of carbonyl (C=O) groups excluding carboxylic acids is 1. The van der Waals surface area contributed by atoms with Gasteiger partial charge in [-0.25, -0.2) is 0 Å². The molecule has 2 aliphatic heterocycles. The van der Waals surface area contributed by atoms with E-state index in [-0.39, 0.29) is 28.5 Å². The van der Waals surface area contributed by atoms with Crippen LogP contribution in [-0.2, 0) is 4.74 Å². The van der Waals surface area contributed by atoms with Gasteiger partial charge >= 0.3 is 0 Å². The molecule has 7 nitrogen and oxygen atoms in total. The number of likely N-dealkylation sites (tertiary alicyclic amines) is 1. The molecule has 2 aliphatic rings. The molecule has 1 unspecified atom stereocenters. The number of nitrogen functional groups attached to an aromatic ring is 1. The lowest BCUT2D eigenvalue weighted by atomic mass is 10.2. The normalized spacial score (nSPS) is 23.7. The third kappa shape index (κ3) is 3.37. The molecule has 122 valence electrons. The Labute approximate surface area is 134 Å². The van der Waals surface area contributed by atoms with E-state index in [4.69, 9.17) is 22.1 Å². The first-order valence-electron chi connectivity index (χ1n) is 7.77. The maximum Gasteiger partial charge on any atom is 0.273 e. The van der Waals surface area contributed by atoms with Crippen molar-refractivity contribution < 1.29 is 9.53 Å². The molecule has 8 heteroatoms. The first-order chi connectivity index (χ1) is 10.6. The summed E-state index contributed by atoms with van der Waals surface area (Å²) in [5.41, 5.74) is 5.86. The third-order valence-corrected chi connectivity index (χ3v) is 4.63. The minimum absolute atomic E-state index is 0.0450. The lowest BCUT2D eigenvalue weighted by molar-refractivity contribution is 0.0296. The molecule has 0 bridgehead atoms. The molecule has 1 amide bonds. The third-order valence-electron chi connectivity index (χ3n) is 4.24. The predicted molar refractivity (Wildman–Crippen MR) is 83.9 cm³/mol. The molecule has 22 heavy (non-hydrogen) atoms. The molecule has 0 radical (unpaired) electrons. The summed E-state index contributed by atoms with van der Waals surface area (Å²) in [6.45, 7) is 5.03. The van der Waals surface area contributed by atoms with Crippen molar-refractivity contribution in [3.8, 4) is 0 Å². The first-order valence-corrected chi connectivity index (χ1v) is 8.15. The van der Waals surface area contributed by atoms with Crippen LogP contribution in [0.25, 0.3) is 0 Å². The van der Waals surface area contributed by atoms with Crippen molar-refractivity contribution in [2.75, 3.05) is 45.1 Å². The van der Waals surface area contributed by atoms with Crippen molar-refractivity contribution in [2.45, 2.75) is 25.4 Å². The van der Waals surface area contributed by atoms with Crippen molar-refractivity contribution in [1.29, 1.82) is 0 Å². The molecule has 2 saturated heterocycles. The molecule has 0 aliphatic carbocycles. The van der Waals surface area contributed by atoms with Gasteiger partial charge in [0.1, 0.15) is 10.7 Å². The van der Waals surface area contributed by atoms with Gasteiger partial charge in [-0.1, -0.05) is 11.6 Å². The van der Waals surface area contributed by atoms with Crippen LogP contribution in [0, 0.1) is 0 Å². The summed E-state index contributed by atoms with van der Waals surface area (Å²) in [6, 6.07) is 0. The first kappa shape index (κ1) is 15.6. The molecule has 1 atom stereocenters. The predicted octanol–water partition coefficient (Wildman–Crippen LogP) is 0.972. The van der Waals surface area contributed by atoms with Crippen LogP contribution in [0.3, 0.4) is 0 Å². The summed E-state index contributed by atoms with van der Waals surface area (Å²) >= 11 is 6.03. The Hall–Kier alpha value is -1.31. The minimum atomic E-state index is -0.161. The van der Waals surface area contributed by atoms with Crippen molar-refractivity contribution in [3.63, 3.8) is 0 Å². The molecular formula is C14H22ClN5O2. The van der Waals surface area contributed by atoms with Crippen LogP contribution in [0.15, 0.2) is 0 Å². The van der Waals surface area contributed by atoms with Crippen LogP contribution in [0.2, 0.25) is 5.02 Å². The number of halogens is 1. The van der Waals surface area contributed by atoms with Crippen LogP contribution in [0.5, 0.6) is 0 Å². The molecular weight excluding hydrogens is 306 g/mol. The topological polar surface area (TPSA) is 87.5 Å². The highest BCUT2D eigenvalue weighted by atomic mass is 35.5. The van der Waals surface area contributed by atoms with E-state index in [0.29, 0.717) is 19.7 Å². The number of aromatic nitrogens is 2. The zero-order valence-corrected chi connectivity index (χ0v) is 13.3. The summed E-state index contributed by atoms with van der Waals surface area (Å²) in [6.07, 6.45) is 3.36. The average Bonchev–Trinajstić information content (AvgIpc) is 3.05. The summed E-state index contributed by atoms with van der Waals surface area (Å²) in [7, 11) is 0. The van der Waals surface area contributed by atoms with Gasteiger partial charge in [-0.15, -0.1) is 0 Å². The minimum Gasteiger partial charge on any atom is -0.381 e. The quantitative estimate of drug-likeness (QED) is 0.864. The van der Waals surface area contributed by atoms with Gasteiger partial charge in [0.15, 0.2) is 5.82 Å². The van der Waals surface area contributed by atoms with Gasteiger partial charge in [-0.05, 0) is 32.4 Å². The number of rotatable bonds is 3. The van der Waals surface area contributed by atoms with E-state index < -0.39 is 0 Å². The highest BCUT2D eigenvalue weighted by Gasteiger charge is 2.28. The summed E-state index contributed by atoms with van der Waals surface area (Å²) in [5, 5.41) is 6.62. The smallest absolute Gasteiger partial charge is 0.273 e. The molecule has 2 fully saturated rings. The number of hydrogen-bond acceptors (Lipinski definition) is 5. The van der Waals surface area contributed by atoms with E-state index in [9.17, 15) is 4.79 Å². The number of nitrogens with one attached hydrogen (secondary N) is 1. The molecule has 0 aromatic carbocycles. The number of carbonyl (C=O) groups is 1. The Morgan fingerprint density at radius 2 is 2.14 bits per heavy atom. The fourth-order valence-electron chi connectivity index (χ4n) is 3.09. The molecule has 1 aromatic heterocycles. The van der Waals surface area contributed by atoms with Gasteiger partial charge in [-0.3, -0.25) is 9.89 Å². The molecule has 1 aromatic rings. The molecule has 3 heterocycles. The fraction of sp³-hybridized carbons (Fsp3) is 0.714. The average molecular weight is 328 g/mol. The van der Waals surface area contributed by atoms with Crippen LogP contribution < -0.4 is 5.73 Å². The largest absolute Gasteiger partial charge is 0.381 e. The van der Waals surface area contributed by atoms with E-state index in [1.807, 2.05) is 0 Å². The van der Waals surface area contributed by atoms with Crippen molar-refractivity contribution in [1.82, 2.24) is 20.0 Å². The standard InChI is InChI=1S/C14H22ClN5O2/c15-11-12(17-18-13(11)16)14(21)20-6-3-7-22-10(9-20)8-19-4-1-2-5-19/h10H,1-9H2,(H3,16,17,18). The van der Waals surface area contributed by atoms with Gasteiger partial charge in [-0.2, -0.15) is 5.10 Å². The molecule has 3 N–H and O–H groups in total. The summed E-state index contributed by atoms with van der Waals surface area (Å²) in [5.74, 6) is -0.00386. The number of ether oxygens (including phenoxy) is 1. The van der Waals surface area contributed by atoms with Crippen molar-refractivity contribution in [2.24, 2.45) is 0 Å². The number of H-pyrrole nitrogens is 1. The Kier molecular flexibility index (Phi) is 4.85. The van der Waals surface area contributed by atoms with Gasteiger partial charge in [0.05, 0.1) is 6.10 Å². The van der Waals surface area contributed by atoms with E-state index in [1.165, 1.54) is 12.8 Å². The van der Waals surface area contributed by atoms with Gasteiger partial charge in [0, 0.05) is 26.2 Å². The highest BCUT2D eigenvalue weighted by Crippen LogP contribution is 2.22. The number of hydrogen-bond donors (Lipinski definition) is 2. The molecule has 0 spiro atoms. The maximum atomic E-state index is 12.6. The number of amides is 1. The molecule has 0 saturated carbocycles. The van der Waals surface area contributed by atoms with Crippen LogP contribution in [0.1, 0.15) is 29.8 Å². The van der Waals surface area contributed by atoms with Crippen LogP contribution >= 0.6 is 11.6 Å². The zero-order valence-electron chi connectivity index (χ0n) is 12.6. The number of anilines is 1. The molecule has 3 rings (SSSR count). The van der Waals surface area contributed by atoms with Gasteiger partial charge < -0.3 is 20.3 Å². The lowest BCUT2D eigenvalue weighted by Gasteiger charge is -2.26. The van der Waals surface area contributed by atoms with Crippen molar-refractivity contribution >= 4 is 23.3 Å². The lowest BCUT2D eigenvalue weighted by Crippen LogP contribution is -2.42. The summed E-state index contributed by atoms with van der Waals surface area (Å²) in [4.78, 5) is 16.8. The van der Waals surface area contributed by atoms with E-state index in [1.54, 1.807) is 4.90 Å². The zero-order chi connectivity index (χ0) is 15.5. The SMILES string of the molecule is Nc1n[nH]c(C(=O)N2CCCOC(CN3CCCC3)C2)c1Cl. The highest BCUT2D eigenvalue weighted by molar-refractivity contribution is 6.35. The monoisotopic (exact) mass is 327 g/mol. The van der Waals surface area contributed by atoms with E-state index in [2.05, 4.69) is 15.1 Å². The van der Waals surface area contributed by atoms with Gasteiger partial charge in [0.25, 0.3) is 5.91 Å². The second kappa shape index (κ2) is 6.85. The Morgan fingerprint density at radius 3 is 2.82 bits per heavy atom. The second-order valence-corrected chi connectivity index (χ2v) is 6.28. The fourth-order valence-corrected chi connectivity index (χ4v) is 3.25. The number of aromatic amines is 1. The Bertz CT molecular complexity index is 529. The van der Waals surface area contributed by atoms with Gasteiger partial charge in [0.2, 0.25) is 0 Å². The number of nitrogens with zero attached hydrogens (tertiary/aromatic N) is 3. The van der Waals surface area contributed by atoms with E-state index in [0.717, 1.165) is 26.1 Å². The maximum absolute atomic E-state index is 12.6. The van der Waals surface area contributed by atoms with Crippen molar-refractivity contribution in [3.05, 3.63) is 10.7 Å². The Morgan fingerprint density at radius 1 is 1.36 bits per heavy atom. The summed E-state index contributed by atoms with van der Waals surface area (Å²) < 4.78 is 5.90.